The molecule has 0 unspecified atom stereocenters. The van der Waals surface area contributed by atoms with Crippen molar-refractivity contribution in [3.05, 3.63) is 51.9 Å². The molecule has 7 heteroatoms. The van der Waals surface area contributed by atoms with Crippen LogP contribution in [0.15, 0.2) is 34.8 Å². The number of benzene rings is 1. The van der Waals surface area contributed by atoms with E-state index in [1.165, 1.54) is 24.3 Å². The number of rotatable bonds is 4. The maximum Gasteiger partial charge on any atom is 0.339 e. The van der Waals surface area contributed by atoms with Gasteiger partial charge < -0.3 is 10.4 Å². The summed E-state index contributed by atoms with van der Waals surface area (Å²) in [7, 11) is 0. The van der Waals surface area contributed by atoms with E-state index < -0.39 is 11.8 Å². The molecule has 0 radical (unpaired) electrons. The number of anilines is 2. The van der Waals surface area contributed by atoms with Crippen LogP contribution < -0.4 is 5.32 Å². The van der Waals surface area contributed by atoms with Gasteiger partial charge in [0, 0.05) is 4.47 Å². The van der Waals surface area contributed by atoms with E-state index in [0.29, 0.717) is 10.2 Å². The molecule has 0 atom stereocenters. The van der Waals surface area contributed by atoms with E-state index in [4.69, 9.17) is 16.7 Å². The van der Waals surface area contributed by atoms with E-state index in [1.54, 1.807) is 6.07 Å². The second kappa shape index (κ2) is 6.19. The van der Waals surface area contributed by atoms with Crippen molar-refractivity contribution in [1.29, 1.82) is 0 Å². The van der Waals surface area contributed by atoms with Crippen LogP contribution in [-0.2, 0) is 5.88 Å². The number of aromatic carboxylic acids is 1. The minimum atomic E-state index is -1.15. The van der Waals surface area contributed by atoms with Gasteiger partial charge in [-0.25, -0.2) is 14.2 Å². The molecule has 0 aliphatic heterocycles. The summed E-state index contributed by atoms with van der Waals surface area (Å²) in [5.41, 5.74) is 0.577. The highest BCUT2D eigenvalue weighted by Gasteiger charge is 2.14. The molecule has 2 aromatic rings. The van der Waals surface area contributed by atoms with Crippen molar-refractivity contribution >= 4 is 45.0 Å². The first kappa shape index (κ1) is 14.7. The normalized spacial score (nSPS) is 10.3. The zero-order valence-electron chi connectivity index (χ0n) is 10.0. The van der Waals surface area contributed by atoms with Gasteiger partial charge in [-0.15, -0.1) is 11.6 Å². The average Bonchev–Trinajstić information content (AvgIpc) is 2.41. The van der Waals surface area contributed by atoms with Gasteiger partial charge in [-0.05, 0) is 30.3 Å². The quantitative estimate of drug-likeness (QED) is 0.805. The topological polar surface area (TPSA) is 62.2 Å². The van der Waals surface area contributed by atoms with Gasteiger partial charge in [-0.2, -0.15) is 0 Å². The van der Waals surface area contributed by atoms with Gasteiger partial charge >= 0.3 is 5.97 Å². The molecular weight excluding hydrogens is 351 g/mol. The van der Waals surface area contributed by atoms with Crippen LogP contribution in [0, 0.1) is 5.82 Å². The number of aromatic nitrogens is 1. The predicted molar refractivity (Wildman–Crippen MR) is 78.1 cm³/mol. The van der Waals surface area contributed by atoms with Crippen molar-refractivity contribution in [2.75, 3.05) is 5.32 Å². The summed E-state index contributed by atoms with van der Waals surface area (Å²) in [5.74, 6) is -1.48. The Hall–Kier alpha value is -1.66. The number of nitrogens with one attached hydrogen (secondary N) is 1. The van der Waals surface area contributed by atoms with Gasteiger partial charge in [-0.1, -0.05) is 15.9 Å². The van der Waals surface area contributed by atoms with Crippen molar-refractivity contribution in [1.82, 2.24) is 4.98 Å². The summed E-state index contributed by atoms with van der Waals surface area (Å²) in [4.78, 5) is 15.2. The molecule has 0 spiro atoms. The molecule has 0 amide bonds. The van der Waals surface area contributed by atoms with Gasteiger partial charge in [0.15, 0.2) is 0 Å². The van der Waals surface area contributed by atoms with Gasteiger partial charge in [0.1, 0.15) is 17.2 Å². The first-order chi connectivity index (χ1) is 9.51. The SMILES string of the molecule is O=C(O)c1ccc(CCl)nc1Nc1ccc(Br)cc1F. The van der Waals surface area contributed by atoms with Crippen molar-refractivity contribution < 1.29 is 14.3 Å². The minimum Gasteiger partial charge on any atom is -0.478 e. The Bertz CT molecular complexity index is 667. The third-order valence-electron chi connectivity index (χ3n) is 2.50. The molecule has 1 heterocycles. The van der Waals surface area contributed by atoms with Crippen LogP contribution >= 0.6 is 27.5 Å². The van der Waals surface area contributed by atoms with Crippen LogP contribution in [0.25, 0.3) is 0 Å². The van der Waals surface area contributed by atoms with Crippen LogP contribution in [0.3, 0.4) is 0 Å². The predicted octanol–water partition coefficient (Wildman–Crippen LogP) is 4.16. The van der Waals surface area contributed by atoms with E-state index in [1.807, 2.05) is 0 Å². The summed E-state index contributed by atoms with van der Waals surface area (Å²) in [6, 6.07) is 7.29. The minimum absolute atomic E-state index is 0.0527. The van der Waals surface area contributed by atoms with Crippen LogP contribution in [0.2, 0.25) is 0 Å². The summed E-state index contributed by atoms with van der Waals surface area (Å²) in [6.45, 7) is 0. The van der Waals surface area contributed by atoms with Crippen LogP contribution in [0.5, 0.6) is 0 Å². The maximum absolute atomic E-state index is 13.8. The number of carbonyl (C=O) groups is 1. The second-order valence-electron chi connectivity index (χ2n) is 3.89. The number of pyridine rings is 1. The average molecular weight is 360 g/mol. The molecule has 0 saturated carbocycles. The molecule has 0 aliphatic rings. The molecule has 0 saturated heterocycles. The Morgan fingerprint density at radius 1 is 1.40 bits per heavy atom. The number of hydrogen-bond acceptors (Lipinski definition) is 3. The monoisotopic (exact) mass is 358 g/mol. The number of alkyl halides is 1. The number of hydrogen-bond donors (Lipinski definition) is 2. The van der Waals surface area contributed by atoms with Crippen molar-refractivity contribution in [3.8, 4) is 0 Å². The van der Waals surface area contributed by atoms with Crippen molar-refractivity contribution in [2.24, 2.45) is 0 Å². The molecule has 2 N–H and O–H groups in total. The molecule has 4 nitrogen and oxygen atoms in total. The Kier molecular flexibility index (Phi) is 4.57. The van der Waals surface area contributed by atoms with Crippen LogP contribution in [-0.4, -0.2) is 16.1 Å². The fourth-order valence-corrected chi connectivity index (χ4v) is 2.04. The van der Waals surface area contributed by atoms with E-state index >= 15 is 0 Å². The maximum atomic E-state index is 13.8. The number of carboxylic acid groups (broad SMARTS) is 1. The number of carboxylic acids is 1. The van der Waals surface area contributed by atoms with Gasteiger partial charge in [-0.3, -0.25) is 0 Å². The Morgan fingerprint density at radius 2 is 2.15 bits per heavy atom. The summed E-state index contributed by atoms with van der Waals surface area (Å²) < 4.78 is 14.3. The Labute approximate surface area is 127 Å². The van der Waals surface area contributed by atoms with E-state index in [2.05, 4.69) is 26.2 Å². The third kappa shape index (κ3) is 3.26. The van der Waals surface area contributed by atoms with Gasteiger partial charge in [0.2, 0.25) is 0 Å². The standard InChI is InChI=1S/C13H9BrClFN2O2/c14-7-1-4-11(10(16)5-7)18-12-9(13(19)20)3-2-8(6-15)17-12/h1-5H,6H2,(H,17,18)(H,19,20). The van der Waals surface area contributed by atoms with Crippen molar-refractivity contribution in [3.63, 3.8) is 0 Å². The van der Waals surface area contributed by atoms with Crippen LogP contribution in [0.1, 0.15) is 16.1 Å². The molecule has 20 heavy (non-hydrogen) atoms. The lowest BCUT2D eigenvalue weighted by Gasteiger charge is -2.10. The third-order valence-corrected chi connectivity index (χ3v) is 3.27. The lowest BCUT2D eigenvalue weighted by atomic mass is 10.2. The molecule has 0 aliphatic carbocycles. The number of nitrogens with zero attached hydrogens (tertiary/aromatic N) is 1. The Morgan fingerprint density at radius 3 is 2.75 bits per heavy atom. The van der Waals surface area contributed by atoms with E-state index in [0.717, 1.165) is 0 Å². The molecular formula is C13H9BrClFN2O2. The highest BCUT2D eigenvalue weighted by molar-refractivity contribution is 9.10. The lowest BCUT2D eigenvalue weighted by molar-refractivity contribution is 0.0697. The van der Waals surface area contributed by atoms with E-state index in [9.17, 15) is 9.18 Å². The molecule has 1 aromatic heterocycles. The Balaban J connectivity index is 2.43. The zero-order chi connectivity index (χ0) is 14.7. The summed E-state index contributed by atoms with van der Waals surface area (Å²) in [5, 5.41) is 11.8. The smallest absolute Gasteiger partial charge is 0.339 e. The lowest BCUT2D eigenvalue weighted by Crippen LogP contribution is -2.07. The highest BCUT2D eigenvalue weighted by atomic mass is 79.9. The zero-order valence-corrected chi connectivity index (χ0v) is 12.4. The highest BCUT2D eigenvalue weighted by Crippen LogP contribution is 2.24. The van der Waals surface area contributed by atoms with Gasteiger partial charge in [0.25, 0.3) is 0 Å². The number of halogens is 3. The van der Waals surface area contributed by atoms with Crippen molar-refractivity contribution in [2.45, 2.75) is 5.88 Å². The van der Waals surface area contributed by atoms with E-state index in [-0.39, 0.29) is 22.9 Å². The molecule has 0 fully saturated rings. The molecule has 1 aromatic carbocycles. The fraction of sp³-hybridized carbons (Fsp3) is 0.0769. The summed E-state index contributed by atoms with van der Waals surface area (Å²) in [6.07, 6.45) is 0. The second-order valence-corrected chi connectivity index (χ2v) is 5.07. The first-order valence-electron chi connectivity index (χ1n) is 5.52. The van der Waals surface area contributed by atoms with Gasteiger partial charge in [0.05, 0.1) is 17.3 Å². The molecule has 104 valence electrons. The largest absolute Gasteiger partial charge is 0.478 e. The summed E-state index contributed by atoms with van der Waals surface area (Å²) >= 11 is 8.82. The van der Waals surface area contributed by atoms with Crippen LogP contribution in [0.4, 0.5) is 15.9 Å². The molecule has 0 bridgehead atoms. The molecule has 2 rings (SSSR count). The fourth-order valence-electron chi connectivity index (χ4n) is 1.56. The first-order valence-corrected chi connectivity index (χ1v) is 6.85.